The number of halogens is 2. The highest BCUT2D eigenvalue weighted by Crippen LogP contribution is 2.37. The first-order valence-electron chi connectivity index (χ1n) is 9.57. The summed E-state index contributed by atoms with van der Waals surface area (Å²) in [5.74, 6) is 0. The van der Waals surface area contributed by atoms with Crippen LogP contribution in [-0.2, 0) is 0 Å². The van der Waals surface area contributed by atoms with E-state index in [4.69, 9.17) is 23.2 Å². The molecule has 0 aliphatic rings. The van der Waals surface area contributed by atoms with Gasteiger partial charge in [-0.1, -0.05) is 96.0 Å². The standard InChI is InChI=1S/C26H16Cl2N2/c27-23-11-5-3-9-20(23)25-16-22(19-14-13-17-7-1-2-8-18(17)15-19)26(30-29-25)21-10-4-6-12-24(21)28/h1-16H. The van der Waals surface area contributed by atoms with Crippen molar-refractivity contribution >= 4 is 34.0 Å². The molecule has 0 bridgehead atoms. The van der Waals surface area contributed by atoms with Crippen molar-refractivity contribution in [3.8, 4) is 33.6 Å². The normalized spacial score (nSPS) is 11.0. The fourth-order valence-corrected chi connectivity index (χ4v) is 4.08. The third-order valence-electron chi connectivity index (χ3n) is 5.13. The predicted molar refractivity (Wildman–Crippen MR) is 126 cm³/mol. The largest absolute Gasteiger partial charge is 0.150 e. The number of fused-ring (bicyclic) bond motifs is 1. The summed E-state index contributed by atoms with van der Waals surface area (Å²) in [7, 11) is 0. The summed E-state index contributed by atoms with van der Waals surface area (Å²) in [6, 6.07) is 32.1. The number of aromatic nitrogens is 2. The van der Waals surface area contributed by atoms with Gasteiger partial charge >= 0.3 is 0 Å². The minimum atomic E-state index is 0.638. The first-order chi connectivity index (χ1) is 14.7. The second-order valence-corrected chi connectivity index (χ2v) is 7.83. The summed E-state index contributed by atoms with van der Waals surface area (Å²) in [6.45, 7) is 0. The summed E-state index contributed by atoms with van der Waals surface area (Å²) in [6.07, 6.45) is 0. The molecule has 0 N–H and O–H groups in total. The molecule has 5 rings (SSSR count). The number of benzene rings is 4. The molecule has 0 atom stereocenters. The van der Waals surface area contributed by atoms with Gasteiger partial charge in [-0.25, -0.2) is 0 Å². The Hall–Kier alpha value is -3.20. The van der Waals surface area contributed by atoms with Gasteiger partial charge in [-0.3, -0.25) is 0 Å². The van der Waals surface area contributed by atoms with E-state index in [9.17, 15) is 0 Å². The SMILES string of the molecule is Clc1ccccc1-c1cc(-c2ccc3ccccc3c2)c(-c2ccccc2Cl)nn1. The molecule has 0 spiro atoms. The Balaban J connectivity index is 1.77. The minimum absolute atomic E-state index is 0.638. The Kier molecular flexibility index (Phi) is 4.96. The number of nitrogens with zero attached hydrogens (tertiary/aromatic N) is 2. The van der Waals surface area contributed by atoms with Gasteiger partial charge in [0.2, 0.25) is 0 Å². The molecule has 0 saturated carbocycles. The van der Waals surface area contributed by atoms with Crippen molar-refractivity contribution in [2.75, 3.05) is 0 Å². The molecule has 0 amide bonds. The van der Waals surface area contributed by atoms with Crippen molar-refractivity contribution in [1.82, 2.24) is 10.2 Å². The molecular weight excluding hydrogens is 411 g/mol. The predicted octanol–water partition coefficient (Wildman–Crippen LogP) is 7.94. The van der Waals surface area contributed by atoms with Crippen LogP contribution in [0.3, 0.4) is 0 Å². The van der Waals surface area contributed by atoms with Gasteiger partial charge in [0.25, 0.3) is 0 Å². The van der Waals surface area contributed by atoms with Crippen molar-refractivity contribution in [2.45, 2.75) is 0 Å². The molecule has 144 valence electrons. The minimum Gasteiger partial charge on any atom is -0.150 e. The monoisotopic (exact) mass is 426 g/mol. The number of hydrogen-bond donors (Lipinski definition) is 0. The van der Waals surface area contributed by atoms with Crippen LogP contribution in [0, 0.1) is 0 Å². The Bertz CT molecular complexity index is 1380. The lowest BCUT2D eigenvalue weighted by atomic mass is 9.96. The lowest BCUT2D eigenvalue weighted by Gasteiger charge is -2.13. The van der Waals surface area contributed by atoms with E-state index in [1.54, 1.807) is 0 Å². The Labute approximate surface area is 184 Å². The number of hydrogen-bond acceptors (Lipinski definition) is 2. The molecule has 1 heterocycles. The molecule has 4 heteroatoms. The summed E-state index contributed by atoms with van der Waals surface area (Å²) in [5.41, 5.74) is 5.16. The third kappa shape index (κ3) is 3.45. The molecule has 0 aliphatic carbocycles. The zero-order valence-corrected chi connectivity index (χ0v) is 17.4. The van der Waals surface area contributed by atoms with Crippen LogP contribution in [0.15, 0.2) is 97.1 Å². The first kappa shape index (κ1) is 18.8. The smallest absolute Gasteiger partial charge is 0.102 e. The fraction of sp³-hybridized carbons (Fsp3) is 0. The molecule has 0 aliphatic heterocycles. The lowest BCUT2D eigenvalue weighted by molar-refractivity contribution is 1.05. The molecule has 1 aromatic heterocycles. The van der Waals surface area contributed by atoms with Gasteiger partial charge in [-0.2, -0.15) is 0 Å². The third-order valence-corrected chi connectivity index (χ3v) is 5.79. The molecule has 0 unspecified atom stereocenters. The molecular formula is C26H16Cl2N2. The van der Waals surface area contributed by atoms with Crippen LogP contribution in [0.2, 0.25) is 10.0 Å². The average Bonchev–Trinajstić information content (AvgIpc) is 2.79. The zero-order chi connectivity index (χ0) is 20.5. The second-order valence-electron chi connectivity index (χ2n) is 7.01. The highest BCUT2D eigenvalue weighted by Gasteiger charge is 2.16. The maximum Gasteiger partial charge on any atom is 0.102 e. The van der Waals surface area contributed by atoms with E-state index in [2.05, 4.69) is 40.5 Å². The van der Waals surface area contributed by atoms with Gasteiger partial charge in [0, 0.05) is 16.7 Å². The van der Waals surface area contributed by atoms with Crippen LogP contribution in [0.25, 0.3) is 44.4 Å². The first-order valence-corrected chi connectivity index (χ1v) is 10.3. The van der Waals surface area contributed by atoms with E-state index in [0.29, 0.717) is 10.0 Å². The van der Waals surface area contributed by atoms with Gasteiger partial charge in [-0.05, 0) is 40.6 Å². The summed E-state index contributed by atoms with van der Waals surface area (Å²) < 4.78 is 0. The van der Waals surface area contributed by atoms with Crippen LogP contribution < -0.4 is 0 Å². The van der Waals surface area contributed by atoms with E-state index in [-0.39, 0.29) is 0 Å². The van der Waals surface area contributed by atoms with E-state index >= 15 is 0 Å². The van der Waals surface area contributed by atoms with E-state index in [1.165, 1.54) is 5.39 Å². The maximum atomic E-state index is 6.51. The Morgan fingerprint density at radius 3 is 1.87 bits per heavy atom. The van der Waals surface area contributed by atoms with Crippen LogP contribution in [-0.4, -0.2) is 10.2 Å². The van der Waals surface area contributed by atoms with E-state index < -0.39 is 0 Å². The van der Waals surface area contributed by atoms with Crippen molar-refractivity contribution in [2.24, 2.45) is 0 Å². The van der Waals surface area contributed by atoms with Gasteiger partial charge in [-0.15, -0.1) is 10.2 Å². The number of rotatable bonds is 3. The molecule has 0 radical (unpaired) electrons. The molecule has 4 aromatic carbocycles. The summed E-state index contributed by atoms with van der Waals surface area (Å²) in [4.78, 5) is 0. The van der Waals surface area contributed by atoms with Crippen molar-refractivity contribution in [3.63, 3.8) is 0 Å². The van der Waals surface area contributed by atoms with Crippen molar-refractivity contribution in [1.29, 1.82) is 0 Å². The van der Waals surface area contributed by atoms with Crippen molar-refractivity contribution < 1.29 is 0 Å². The Morgan fingerprint density at radius 2 is 1.13 bits per heavy atom. The quantitative estimate of drug-likeness (QED) is 0.292. The van der Waals surface area contributed by atoms with E-state index in [1.807, 2.05) is 66.7 Å². The van der Waals surface area contributed by atoms with Gasteiger partial charge in [0.05, 0.1) is 15.7 Å². The van der Waals surface area contributed by atoms with Crippen LogP contribution in [0.4, 0.5) is 0 Å². The molecule has 5 aromatic rings. The topological polar surface area (TPSA) is 25.8 Å². The maximum absolute atomic E-state index is 6.51. The summed E-state index contributed by atoms with van der Waals surface area (Å²) >= 11 is 12.9. The second kappa shape index (κ2) is 7.91. The van der Waals surface area contributed by atoms with Gasteiger partial charge in [0.1, 0.15) is 5.69 Å². The molecule has 30 heavy (non-hydrogen) atoms. The molecule has 0 fully saturated rings. The molecule has 0 saturated heterocycles. The summed E-state index contributed by atoms with van der Waals surface area (Å²) in [5, 5.41) is 12.7. The van der Waals surface area contributed by atoms with Gasteiger partial charge in [0.15, 0.2) is 0 Å². The van der Waals surface area contributed by atoms with Crippen molar-refractivity contribution in [3.05, 3.63) is 107 Å². The molecule has 2 nitrogen and oxygen atoms in total. The van der Waals surface area contributed by atoms with Crippen LogP contribution in [0.1, 0.15) is 0 Å². The fourth-order valence-electron chi connectivity index (χ4n) is 3.62. The average molecular weight is 427 g/mol. The van der Waals surface area contributed by atoms with Gasteiger partial charge < -0.3 is 0 Å². The highest BCUT2D eigenvalue weighted by molar-refractivity contribution is 6.33. The van der Waals surface area contributed by atoms with E-state index in [0.717, 1.165) is 39.0 Å². The van der Waals surface area contributed by atoms with Crippen LogP contribution in [0.5, 0.6) is 0 Å². The zero-order valence-electron chi connectivity index (χ0n) is 15.9. The Morgan fingerprint density at radius 1 is 0.500 bits per heavy atom. The lowest BCUT2D eigenvalue weighted by Crippen LogP contribution is -1.96. The highest BCUT2D eigenvalue weighted by atomic mass is 35.5. The van der Waals surface area contributed by atoms with Crippen LogP contribution >= 0.6 is 23.2 Å².